The smallest absolute Gasteiger partial charge is 0.310 e. The average molecular weight is 210 g/mol. The molecular formula is C10H14N2O3. The molecule has 0 radical (unpaired) electrons. The molecular weight excluding hydrogens is 196 g/mol. The minimum atomic E-state index is -0.263. The molecule has 1 aromatic heterocycles. The molecule has 1 heterocycles. The van der Waals surface area contributed by atoms with Crippen molar-refractivity contribution in [3.05, 3.63) is 23.8 Å². The van der Waals surface area contributed by atoms with E-state index in [0.29, 0.717) is 19.0 Å². The third-order valence-corrected chi connectivity index (χ3v) is 1.69. The molecule has 1 rings (SSSR count). The number of aromatic nitrogens is 2. The molecule has 0 amide bonds. The predicted octanol–water partition coefficient (Wildman–Crippen LogP) is 0.729. The second-order valence-corrected chi connectivity index (χ2v) is 2.92. The van der Waals surface area contributed by atoms with Crippen LogP contribution in [0, 0.1) is 0 Å². The molecule has 0 saturated heterocycles. The summed E-state index contributed by atoms with van der Waals surface area (Å²) in [5.41, 5.74) is 0.744. The number of hydrogen-bond acceptors (Lipinski definition) is 5. The van der Waals surface area contributed by atoms with Gasteiger partial charge in [0.05, 0.1) is 13.0 Å². The van der Waals surface area contributed by atoms with E-state index in [1.54, 1.807) is 26.4 Å². The van der Waals surface area contributed by atoms with Crippen molar-refractivity contribution in [1.82, 2.24) is 9.97 Å². The van der Waals surface area contributed by atoms with Gasteiger partial charge in [-0.15, -0.1) is 0 Å². The highest BCUT2D eigenvalue weighted by molar-refractivity contribution is 5.72. The molecule has 0 aliphatic carbocycles. The quantitative estimate of drug-likeness (QED) is 0.670. The summed E-state index contributed by atoms with van der Waals surface area (Å²) in [5, 5.41) is 0. The molecule has 0 aromatic carbocycles. The first-order valence-electron chi connectivity index (χ1n) is 4.70. The van der Waals surface area contributed by atoms with Gasteiger partial charge in [0.15, 0.2) is 5.82 Å². The van der Waals surface area contributed by atoms with Crippen molar-refractivity contribution < 1.29 is 14.3 Å². The van der Waals surface area contributed by atoms with Gasteiger partial charge in [-0.1, -0.05) is 0 Å². The van der Waals surface area contributed by atoms with Crippen LogP contribution >= 0.6 is 0 Å². The van der Waals surface area contributed by atoms with E-state index < -0.39 is 0 Å². The summed E-state index contributed by atoms with van der Waals surface area (Å²) in [4.78, 5) is 19.2. The van der Waals surface area contributed by atoms with Gasteiger partial charge < -0.3 is 9.47 Å². The van der Waals surface area contributed by atoms with Crippen LogP contribution in [0.15, 0.2) is 12.4 Å². The van der Waals surface area contributed by atoms with E-state index in [4.69, 9.17) is 9.47 Å². The van der Waals surface area contributed by atoms with Gasteiger partial charge >= 0.3 is 5.97 Å². The van der Waals surface area contributed by atoms with Gasteiger partial charge in [0, 0.05) is 19.5 Å². The van der Waals surface area contributed by atoms with E-state index in [2.05, 4.69) is 9.97 Å². The van der Waals surface area contributed by atoms with Gasteiger partial charge in [-0.2, -0.15) is 0 Å². The van der Waals surface area contributed by atoms with Crippen molar-refractivity contribution in [3.8, 4) is 0 Å². The Kier molecular flexibility index (Phi) is 4.70. The van der Waals surface area contributed by atoms with Gasteiger partial charge in [0.2, 0.25) is 0 Å². The minimum Gasteiger partial charge on any atom is -0.466 e. The molecule has 0 atom stereocenters. The highest BCUT2D eigenvalue weighted by Crippen LogP contribution is 1.99. The Morgan fingerprint density at radius 3 is 2.60 bits per heavy atom. The lowest BCUT2D eigenvalue weighted by molar-refractivity contribution is -0.142. The molecule has 0 bridgehead atoms. The summed E-state index contributed by atoms with van der Waals surface area (Å²) in [5.74, 6) is 0.339. The summed E-state index contributed by atoms with van der Waals surface area (Å²) in [6.07, 6.45) is 3.43. The SMILES string of the molecule is CCOC(=O)Cc1cnc(COC)nc1. The summed E-state index contributed by atoms with van der Waals surface area (Å²) in [6, 6.07) is 0. The highest BCUT2D eigenvalue weighted by Gasteiger charge is 2.04. The van der Waals surface area contributed by atoms with Gasteiger partial charge in [-0.05, 0) is 12.5 Å². The Labute approximate surface area is 88.4 Å². The lowest BCUT2D eigenvalue weighted by Gasteiger charge is -2.02. The topological polar surface area (TPSA) is 61.3 Å². The molecule has 0 aliphatic rings. The van der Waals surface area contributed by atoms with Crippen LogP contribution in [0.1, 0.15) is 18.3 Å². The molecule has 82 valence electrons. The lowest BCUT2D eigenvalue weighted by atomic mass is 10.2. The fourth-order valence-electron chi connectivity index (χ4n) is 1.06. The Balaban J connectivity index is 2.52. The first-order chi connectivity index (χ1) is 7.26. The fraction of sp³-hybridized carbons (Fsp3) is 0.500. The Bertz CT molecular complexity index is 311. The van der Waals surface area contributed by atoms with Crippen molar-refractivity contribution in [3.63, 3.8) is 0 Å². The molecule has 5 nitrogen and oxygen atoms in total. The number of hydrogen-bond donors (Lipinski definition) is 0. The highest BCUT2D eigenvalue weighted by atomic mass is 16.5. The molecule has 0 aliphatic heterocycles. The van der Waals surface area contributed by atoms with Gasteiger partial charge in [0.1, 0.15) is 6.61 Å². The zero-order valence-electron chi connectivity index (χ0n) is 8.90. The molecule has 15 heavy (non-hydrogen) atoms. The third kappa shape index (κ3) is 4.03. The van der Waals surface area contributed by atoms with Crippen LogP contribution < -0.4 is 0 Å². The second-order valence-electron chi connectivity index (χ2n) is 2.92. The fourth-order valence-corrected chi connectivity index (χ4v) is 1.06. The van der Waals surface area contributed by atoms with Gasteiger partial charge in [-0.25, -0.2) is 9.97 Å². The zero-order chi connectivity index (χ0) is 11.1. The average Bonchev–Trinajstić information content (AvgIpc) is 2.22. The third-order valence-electron chi connectivity index (χ3n) is 1.69. The molecule has 0 saturated carbocycles. The van der Waals surface area contributed by atoms with Crippen LogP contribution in [0.5, 0.6) is 0 Å². The van der Waals surface area contributed by atoms with E-state index in [0.717, 1.165) is 5.56 Å². The first kappa shape index (κ1) is 11.6. The maximum atomic E-state index is 11.1. The van der Waals surface area contributed by atoms with E-state index in [9.17, 15) is 4.79 Å². The van der Waals surface area contributed by atoms with Crippen LogP contribution in [0.4, 0.5) is 0 Å². The van der Waals surface area contributed by atoms with Crippen LogP contribution in [-0.2, 0) is 27.3 Å². The van der Waals surface area contributed by atoms with E-state index >= 15 is 0 Å². The van der Waals surface area contributed by atoms with Crippen molar-refractivity contribution in [2.45, 2.75) is 20.0 Å². The summed E-state index contributed by atoms with van der Waals surface area (Å²) in [7, 11) is 1.58. The Morgan fingerprint density at radius 1 is 1.40 bits per heavy atom. The summed E-state index contributed by atoms with van der Waals surface area (Å²) >= 11 is 0. The van der Waals surface area contributed by atoms with Crippen molar-refractivity contribution in [1.29, 1.82) is 0 Å². The first-order valence-corrected chi connectivity index (χ1v) is 4.70. The van der Waals surface area contributed by atoms with Crippen LogP contribution in [0.3, 0.4) is 0 Å². The van der Waals surface area contributed by atoms with Crippen LogP contribution in [0.25, 0.3) is 0 Å². The monoisotopic (exact) mass is 210 g/mol. The summed E-state index contributed by atoms with van der Waals surface area (Å²) in [6.45, 7) is 2.54. The lowest BCUT2D eigenvalue weighted by Crippen LogP contribution is -2.08. The molecule has 0 unspecified atom stereocenters. The van der Waals surface area contributed by atoms with E-state index in [1.807, 2.05) is 0 Å². The van der Waals surface area contributed by atoms with Gasteiger partial charge in [0.25, 0.3) is 0 Å². The molecule has 5 heteroatoms. The summed E-state index contributed by atoms with van der Waals surface area (Å²) < 4.78 is 9.68. The van der Waals surface area contributed by atoms with Crippen molar-refractivity contribution in [2.75, 3.05) is 13.7 Å². The van der Waals surface area contributed by atoms with Crippen LogP contribution in [-0.4, -0.2) is 29.7 Å². The molecule has 0 N–H and O–H groups in total. The number of rotatable bonds is 5. The number of esters is 1. The van der Waals surface area contributed by atoms with Gasteiger partial charge in [-0.3, -0.25) is 4.79 Å². The van der Waals surface area contributed by atoms with E-state index in [-0.39, 0.29) is 12.4 Å². The van der Waals surface area contributed by atoms with Crippen LogP contribution in [0.2, 0.25) is 0 Å². The molecule has 0 spiro atoms. The Hall–Kier alpha value is -1.49. The minimum absolute atomic E-state index is 0.209. The number of ether oxygens (including phenoxy) is 2. The molecule has 0 fully saturated rings. The maximum Gasteiger partial charge on any atom is 0.310 e. The Morgan fingerprint density at radius 2 is 2.07 bits per heavy atom. The molecule has 1 aromatic rings. The number of carbonyl (C=O) groups is 1. The standard InChI is InChI=1S/C10H14N2O3/c1-3-15-10(13)4-8-5-11-9(7-14-2)12-6-8/h5-6H,3-4,7H2,1-2H3. The van der Waals surface area contributed by atoms with Crippen molar-refractivity contribution in [2.24, 2.45) is 0 Å². The second kappa shape index (κ2) is 6.08. The number of nitrogens with zero attached hydrogens (tertiary/aromatic N) is 2. The van der Waals surface area contributed by atoms with Crippen molar-refractivity contribution >= 4 is 5.97 Å². The number of carbonyl (C=O) groups excluding carboxylic acids is 1. The number of methoxy groups -OCH3 is 1. The van der Waals surface area contributed by atoms with E-state index in [1.165, 1.54) is 0 Å². The zero-order valence-corrected chi connectivity index (χ0v) is 8.90. The maximum absolute atomic E-state index is 11.1. The normalized spacial score (nSPS) is 10.0. The predicted molar refractivity (Wildman–Crippen MR) is 53.1 cm³/mol. The largest absolute Gasteiger partial charge is 0.466 e.